The topological polar surface area (TPSA) is 63.6 Å². The Morgan fingerprint density at radius 3 is 2.25 bits per heavy atom. The molecule has 0 aromatic heterocycles. The van der Waals surface area contributed by atoms with Gasteiger partial charge in [-0.3, -0.25) is 0 Å². The van der Waals surface area contributed by atoms with Crippen LogP contribution in [0.15, 0.2) is 72.8 Å². The Morgan fingerprint density at radius 1 is 0.833 bits per heavy atom. The van der Waals surface area contributed by atoms with E-state index in [-0.39, 0.29) is 5.56 Å². The summed E-state index contributed by atoms with van der Waals surface area (Å²) in [6, 6.07) is 20.8. The molecule has 0 saturated heterocycles. The molecule has 4 rings (SSSR count). The van der Waals surface area contributed by atoms with Gasteiger partial charge in [-0.05, 0) is 30.3 Å². The van der Waals surface area contributed by atoms with Crippen molar-refractivity contribution in [2.45, 2.75) is 0 Å². The second-order valence-corrected chi connectivity index (χ2v) is 8.20. The van der Waals surface area contributed by atoms with E-state index >= 15 is 0 Å². The fourth-order valence-electron chi connectivity index (χ4n) is 2.95. The van der Waals surface area contributed by atoms with Crippen LogP contribution in [0.25, 0.3) is 0 Å². The lowest BCUT2D eigenvalue weighted by Crippen LogP contribution is -2.31. The minimum Gasteiger partial charge on any atom is -0.478 e. The van der Waals surface area contributed by atoms with Crippen molar-refractivity contribution >= 4 is 29.0 Å². The lowest BCUT2D eigenvalue weighted by molar-refractivity contribution is 0.0697. The first-order chi connectivity index (χ1) is 11.6. The molecule has 1 N–H and O–H groups in total. The summed E-state index contributed by atoms with van der Waals surface area (Å²) in [6.45, 7) is 0. The minimum absolute atomic E-state index is 0.0906. The smallest absolute Gasteiger partial charge is 0.335 e. The highest BCUT2D eigenvalue weighted by Gasteiger charge is 2.39. The quantitative estimate of drug-likeness (QED) is 0.571. The number of carboxylic acid groups (broad SMARTS) is 1. The van der Waals surface area contributed by atoms with Crippen LogP contribution >= 0.6 is 7.14 Å². The standard InChI is InChI=1S/C19H13O4P/c20-19(21)13-10-11-16-18(12-13)24(22,14-6-2-1-3-7-14)17-9-5-4-8-15(17)23-16/h1-12H,(H,20,21). The van der Waals surface area contributed by atoms with Gasteiger partial charge in [0.2, 0.25) is 0 Å². The number of fused-ring (bicyclic) bond motifs is 2. The van der Waals surface area contributed by atoms with Crippen molar-refractivity contribution in [2.75, 3.05) is 0 Å². The number of aromatic carboxylic acids is 1. The predicted molar refractivity (Wildman–Crippen MR) is 92.9 cm³/mol. The summed E-state index contributed by atoms with van der Waals surface area (Å²) in [5, 5.41) is 11.0. The molecule has 0 radical (unpaired) electrons. The van der Waals surface area contributed by atoms with Gasteiger partial charge in [-0.15, -0.1) is 0 Å². The molecular weight excluding hydrogens is 323 g/mol. The van der Waals surface area contributed by atoms with Crippen molar-refractivity contribution < 1.29 is 19.2 Å². The van der Waals surface area contributed by atoms with Gasteiger partial charge in [-0.2, -0.15) is 0 Å². The number of ether oxygens (including phenoxy) is 1. The summed E-state index contributed by atoms with van der Waals surface area (Å²) in [4.78, 5) is 11.3. The number of hydrogen-bond donors (Lipinski definition) is 1. The second-order valence-electron chi connectivity index (χ2n) is 5.50. The molecule has 1 aliphatic rings. The van der Waals surface area contributed by atoms with Crippen LogP contribution in [0.1, 0.15) is 10.4 Å². The molecular formula is C19H13O4P. The van der Waals surface area contributed by atoms with Crippen LogP contribution in [0.3, 0.4) is 0 Å². The average Bonchev–Trinajstić information content (AvgIpc) is 2.62. The van der Waals surface area contributed by atoms with E-state index in [4.69, 9.17) is 4.74 Å². The van der Waals surface area contributed by atoms with Gasteiger partial charge in [0.15, 0.2) is 7.14 Å². The number of rotatable bonds is 2. The van der Waals surface area contributed by atoms with Gasteiger partial charge in [0, 0.05) is 5.30 Å². The second kappa shape index (κ2) is 5.36. The molecule has 3 aromatic carbocycles. The molecule has 0 amide bonds. The zero-order chi connectivity index (χ0) is 16.7. The first kappa shape index (κ1) is 14.7. The highest BCUT2D eigenvalue weighted by atomic mass is 31.2. The van der Waals surface area contributed by atoms with E-state index in [1.807, 2.05) is 30.3 Å². The lowest BCUT2D eigenvalue weighted by Gasteiger charge is -2.29. The van der Waals surface area contributed by atoms with Crippen LogP contribution in [0.2, 0.25) is 0 Å². The van der Waals surface area contributed by atoms with Crippen LogP contribution in [-0.4, -0.2) is 11.1 Å². The molecule has 1 aliphatic heterocycles. The molecule has 0 bridgehead atoms. The molecule has 3 aromatic rings. The van der Waals surface area contributed by atoms with Gasteiger partial charge in [0.05, 0.1) is 16.2 Å². The van der Waals surface area contributed by atoms with Crippen molar-refractivity contribution in [1.29, 1.82) is 0 Å². The Labute approximate surface area is 138 Å². The van der Waals surface area contributed by atoms with Crippen molar-refractivity contribution in [1.82, 2.24) is 0 Å². The van der Waals surface area contributed by atoms with Crippen molar-refractivity contribution in [3.05, 3.63) is 78.4 Å². The Hall–Kier alpha value is -2.84. The van der Waals surface area contributed by atoms with Crippen molar-refractivity contribution in [2.24, 2.45) is 0 Å². The van der Waals surface area contributed by atoms with Gasteiger partial charge in [0.1, 0.15) is 11.5 Å². The largest absolute Gasteiger partial charge is 0.478 e. The van der Waals surface area contributed by atoms with E-state index in [1.54, 1.807) is 30.3 Å². The average molecular weight is 336 g/mol. The van der Waals surface area contributed by atoms with Crippen LogP contribution in [0.4, 0.5) is 0 Å². The number of para-hydroxylation sites is 1. The zero-order valence-corrected chi connectivity index (χ0v) is 13.4. The van der Waals surface area contributed by atoms with E-state index in [0.29, 0.717) is 27.4 Å². The third kappa shape index (κ3) is 2.08. The number of carbonyl (C=O) groups is 1. The molecule has 0 spiro atoms. The highest BCUT2D eigenvalue weighted by molar-refractivity contribution is 7.85. The van der Waals surface area contributed by atoms with Crippen LogP contribution in [-0.2, 0) is 4.57 Å². The molecule has 5 heteroatoms. The molecule has 1 heterocycles. The fraction of sp³-hybridized carbons (Fsp3) is 0. The summed E-state index contributed by atoms with van der Waals surface area (Å²) in [5.74, 6) is -0.0811. The summed E-state index contributed by atoms with van der Waals surface area (Å²) < 4.78 is 20.0. The molecule has 118 valence electrons. The van der Waals surface area contributed by atoms with E-state index < -0.39 is 13.1 Å². The third-order valence-electron chi connectivity index (χ3n) is 4.09. The van der Waals surface area contributed by atoms with Gasteiger partial charge in [-0.1, -0.05) is 42.5 Å². The van der Waals surface area contributed by atoms with Gasteiger partial charge >= 0.3 is 5.97 Å². The SMILES string of the molecule is O=C(O)c1ccc2c(c1)P(=O)(c1ccccc1)c1ccccc1O2. The highest BCUT2D eigenvalue weighted by Crippen LogP contribution is 2.51. The van der Waals surface area contributed by atoms with E-state index in [0.717, 1.165) is 0 Å². The Bertz CT molecular complexity index is 995. The molecule has 24 heavy (non-hydrogen) atoms. The van der Waals surface area contributed by atoms with Crippen molar-refractivity contribution in [3.8, 4) is 11.5 Å². The number of carboxylic acids is 1. The third-order valence-corrected chi connectivity index (χ3v) is 7.19. The van der Waals surface area contributed by atoms with Gasteiger partial charge in [-0.25, -0.2) is 4.79 Å². The fourth-order valence-corrected chi connectivity index (χ4v) is 5.84. The summed E-state index contributed by atoms with van der Waals surface area (Å²) in [7, 11) is -3.20. The molecule has 0 aliphatic carbocycles. The zero-order valence-electron chi connectivity index (χ0n) is 12.5. The van der Waals surface area contributed by atoms with Crippen LogP contribution < -0.4 is 20.7 Å². The Balaban J connectivity index is 2.07. The first-order valence-electron chi connectivity index (χ1n) is 7.42. The molecule has 0 saturated carbocycles. The van der Waals surface area contributed by atoms with E-state index in [2.05, 4.69) is 0 Å². The number of hydrogen-bond acceptors (Lipinski definition) is 3. The summed E-state index contributed by atoms with van der Waals surface area (Å²) >= 11 is 0. The molecule has 1 atom stereocenters. The first-order valence-corrected chi connectivity index (χ1v) is 9.12. The molecule has 0 fully saturated rings. The molecule has 4 nitrogen and oxygen atoms in total. The van der Waals surface area contributed by atoms with Crippen molar-refractivity contribution in [3.63, 3.8) is 0 Å². The van der Waals surface area contributed by atoms with Crippen LogP contribution in [0, 0.1) is 0 Å². The predicted octanol–water partition coefficient (Wildman–Crippen LogP) is 3.13. The van der Waals surface area contributed by atoms with E-state index in [9.17, 15) is 14.5 Å². The maximum atomic E-state index is 14.2. The molecule has 1 unspecified atom stereocenters. The van der Waals surface area contributed by atoms with Gasteiger partial charge in [0.25, 0.3) is 0 Å². The minimum atomic E-state index is -3.20. The Morgan fingerprint density at radius 2 is 1.50 bits per heavy atom. The normalized spacial score (nSPS) is 18.2. The van der Waals surface area contributed by atoms with E-state index in [1.165, 1.54) is 12.1 Å². The lowest BCUT2D eigenvalue weighted by atomic mass is 10.2. The van der Waals surface area contributed by atoms with Gasteiger partial charge < -0.3 is 14.4 Å². The Kier molecular flexibility index (Phi) is 3.29. The number of benzene rings is 3. The van der Waals surface area contributed by atoms with Crippen LogP contribution in [0.5, 0.6) is 11.5 Å². The maximum Gasteiger partial charge on any atom is 0.335 e. The summed E-state index contributed by atoms with van der Waals surface area (Å²) in [6.07, 6.45) is 0. The maximum absolute atomic E-state index is 14.2. The monoisotopic (exact) mass is 336 g/mol. The summed E-state index contributed by atoms with van der Waals surface area (Å²) in [5.41, 5.74) is 0.0906.